The van der Waals surface area contributed by atoms with Gasteiger partial charge in [-0.2, -0.15) is 0 Å². The first-order chi connectivity index (χ1) is 16.3. The summed E-state index contributed by atoms with van der Waals surface area (Å²) in [4.78, 5) is 29.5. The van der Waals surface area contributed by atoms with Crippen molar-refractivity contribution in [3.63, 3.8) is 0 Å². The van der Waals surface area contributed by atoms with Gasteiger partial charge in [0.1, 0.15) is 17.0 Å². The van der Waals surface area contributed by atoms with Crippen molar-refractivity contribution in [1.82, 2.24) is 14.8 Å². The van der Waals surface area contributed by atoms with E-state index in [1.54, 1.807) is 4.90 Å². The molecule has 0 radical (unpaired) electrons. The minimum Gasteiger partial charge on any atom is -0.460 e. The second-order valence-electron chi connectivity index (χ2n) is 10.4. The maximum Gasteiger partial charge on any atom is 0.271 e. The van der Waals surface area contributed by atoms with E-state index in [4.69, 9.17) is 4.42 Å². The Balaban J connectivity index is 1.50. The fourth-order valence-electron chi connectivity index (χ4n) is 5.53. The smallest absolute Gasteiger partial charge is 0.271 e. The molecular weight excluding hydrogens is 426 g/mol. The third-order valence-electron chi connectivity index (χ3n) is 7.63. The van der Waals surface area contributed by atoms with Crippen molar-refractivity contribution in [2.75, 3.05) is 0 Å². The standard InChI is InChI=1S/C28H35N3O3/c1-19-11-13-21(14-12-19)17-31-26(32)24-16-25-23(15-20(2)34-25)30(24)18-28(31,3)27(33)29-22-9-7-5-4-6-8-10-22/h11-16,22H,4-10,17-18H2,1-3H3,(H,29,33). The first-order valence-electron chi connectivity index (χ1n) is 12.6. The average molecular weight is 462 g/mol. The van der Waals surface area contributed by atoms with Crippen molar-refractivity contribution in [3.05, 3.63) is 59.0 Å². The van der Waals surface area contributed by atoms with Crippen molar-refractivity contribution in [2.24, 2.45) is 0 Å². The molecule has 2 aromatic heterocycles. The molecule has 1 aliphatic carbocycles. The summed E-state index contributed by atoms with van der Waals surface area (Å²) in [6.07, 6.45) is 8.04. The van der Waals surface area contributed by atoms with Crippen molar-refractivity contribution < 1.29 is 14.0 Å². The van der Waals surface area contributed by atoms with Crippen LogP contribution in [0.2, 0.25) is 0 Å². The Morgan fingerprint density at radius 2 is 1.74 bits per heavy atom. The van der Waals surface area contributed by atoms with Gasteiger partial charge in [0, 0.05) is 24.7 Å². The number of hydrogen-bond donors (Lipinski definition) is 1. The van der Waals surface area contributed by atoms with Crippen LogP contribution < -0.4 is 5.32 Å². The molecule has 1 aliphatic heterocycles. The summed E-state index contributed by atoms with van der Waals surface area (Å²) in [5.74, 6) is 0.605. The van der Waals surface area contributed by atoms with E-state index in [-0.39, 0.29) is 17.9 Å². The predicted molar refractivity (Wildman–Crippen MR) is 133 cm³/mol. The molecule has 6 heteroatoms. The lowest BCUT2D eigenvalue weighted by atomic mass is 9.91. The zero-order chi connectivity index (χ0) is 23.9. The molecular formula is C28H35N3O3. The van der Waals surface area contributed by atoms with Gasteiger partial charge in [0.15, 0.2) is 5.58 Å². The van der Waals surface area contributed by atoms with Gasteiger partial charge in [-0.1, -0.05) is 61.9 Å². The summed E-state index contributed by atoms with van der Waals surface area (Å²) >= 11 is 0. The van der Waals surface area contributed by atoms with Gasteiger partial charge in [-0.25, -0.2) is 0 Å². The monoisotopic (exact) mass is 461 g/mol. The van der Waals surface area contributed by atoms with E-state index in [2.05, 4.69) is 5.32 Å². The van der Waals surface area contributed by atoms with Crippen LogP contribution in [0.1, 0.15) is 79.2 Å². The fourth-order valence-corrected chi connectivity index (χ4v) is 5.53. The van der Waals surface area contributed by atoms with E-state index >= 15 is 0 Å². The summed E-state index contributed by atoms with van der Waals surface area (Å²) in [5.41, 5.74) is 3.33. The number of nitrogens with zero attached hydrogens (tertiary/aromatic N) is 2. The Morgan fingerprint density at radius 3 is 2.44 bits per heavy atom. The molecule has 0 bridgehead atoms. The molecule has 1 N–H and O–H groups in total. The predicted octanol–water partition coefficient (Wildman–Crippen LogP) is 5.49. The SMILES string of the molecule is Cc1ccc(CN2C(=O)c3cc4oc(C)cc4n3CC2(C)C(=O)NC2CCCCCCC2)cc1. The third kappa shape index (κ3) is 4.15. The topological polar surface area (TPSA) is 67.5 Å². The van der Waals surface area contributed by atoms with E-state index in [0.29, 0.717) is 24.4 Å². The molecule has 3 heterocycles. The maximum atomic E-state index is 13.9. The van der Waals surface area contributed by atoms with Crippen LogP contribution in [0.15, 0.2) is 40.8 Å². The van der Waals surface area contributed by atoms with Crippen LogP contribution in [0.3, 0.4) is 0 Å². The lowest BCUT2D eigenvalue weighted by Gasteiger charge is -2.44. The average Bonchev–Trinajstić information content (AvgIpc) is 3.31. The van der Waals surface area contributed by atoms with Gasteiger partial charge in [-0.05, 0) is 39.2 Å². The first kappa shape index (κ1) is 22.8. The molecule has 0 saturated heterocycles. The van der Waals surface area contributed by atoms with E-state index < -0.39 is 5.54 Å². The van der Waals surface area contributed by atoms with Crippen LogP contribution in [-0.4, -0.2) is 32.9 Å². The Kier molecular flexibility index (Phi) is 6.00. The second-order valence-corrected chi connectivity index (χ2v) is 10.4. The van der Waals surface area contributed by atoms with Crippen molar-refractivity contribution in [3.8, 4) is 0 Å². The normalized spacial score (nSPS) is 21.9. The summed E-state index contributed by atoms with van der Waals surface area (Å²) < 4.78 is 7.79. The minimum absolute atomic E-state index is 0.0637. The van der Waals surface area contributed by atoms with Crippen molar-refractivity contribution >= 4 is 22.9 Å². The molecule has 2 amide bonds. The van der Waals surface area contributed by atoms with Gasteiger partial charge in [-0.15, -0.1) is 0 Å². The van der Waals surface area contributed by atoms with Gasteiger partial charge in [-0.3, -0.25) is 9.59 Å². The lowest BCUT2D eigenvalue weighted by Crippen LogP contribution is -2.64. The molecule has 0 spiro atoms. The molecule has 180 valence electrons. The van der Waals surface area contributed by atoms with Crippen LogP contribution in [0.25, 0.3) is 11.1 Å². The van der Waals surface area contributed by atoms with Crippen molar-refractivity contribution in [1.29, 1.82) is 0 Å². The fraction of sp³-hybridized carbons (Fsp3) is 0.500. The molecule has 2 aliphatic rings. The third-order valence-corrected chi connectivity index (χ3v) is 7.63. The number of aromatic nitrogens is 1. The van der Waals surface area contributed by atoms with Crippen LogP contribution in [0, 0.1) is 13.8 Å². The van der Waals surface area contributed by atoms with Crippen LogP contribution in [0.4, 0.5) is 0 Å². The number of amides is 2. The molecule has 34 heavy (non-hydrogen) atoms. The number of fused-ring (bicyclic) bond motifs is 3. The quantitative estimate of drug-likeness (QED) is 0.558. The van der Waals surface area contributed by atoms with Crippen LogP contribution in [0.5, 0.6) is 0 Å². The molecule has 1 atom stereocenters. The maximum absolute atomic E-state index is 13.9. The number of rotatable bonds is 4. The second kappa shape index (κ2) is 8.97. The minimum atomic E-state index is -1.01. The van der Waals surface area contributed by atoms with E-state index in [1.807, 2.05) is 61.7 Å². The van der Waals surface area contributed by atoms with Gasteiger partial charge in [0.2, 0.25) is 5.91 Å². The highest BCUT2D eigenvalue weighted by atomic mass is 16.3. The zero-order valence-electron chi connectivity index (χ0n) is 20.5. The molecule has 1 unspecified atom stereocenters. The number of hydrogen-bond acceptors (Lipinski definition) is 3. The van der Waals surface area contributed by atoms with Gasteiger partial charge in [0.05, 0.1) is 12.1 Å². The lowest BCUT2D eigenvalue weighted by molar-refractivity contribution is -0.134. The largest absolute Gasteiger partial charge is 0.460 e. The van der Waals surface area contributed by atoms with E-state index in [1.165, 1.54) is 24.8 Å². The molecule has 1 aromatic carbocycles. The summed E-state index contributed by atoms with van der Waals surface area (Å²) in [6, 6.07) is 12.1. The van der Waals surface area contributed by atoms with Crippen LogP contribution in [-0.2, 0) is 17.9 Å². The molecule has 6 nitrogen and oxygen atoms in total. The van der Waals surface area contributed by atoms with E-state index in [9.17, 15) is 9.59 Å². The number of furan rings is 1. The number of carbonyl (C=O) groups is 2. The summed E-state index contributed by atoms with van der Waals surface area (Å²) in [5, 5.41) is 3.35. The Labute approximate surface area is 201 Å². The molecule has 1 saturated carbocycles. The number of aryl methyl sites for hydroxylation is 2. The Hall–Kier alpha value is -3.02. The van der Waals surface area contributed by atoms with Gasteiger partial charge in [0.25, 0.3) is 5.91 Å². The summed E-state index contributed by atoms with van der Waals surface area (Å²) in [7, 11) is 0. The van der Waals surface area contributed by atoms with Crippen LogP contribution >= 0.6 is 0 Å². The number of benzene rings is 1. The highest BCUT2D eigenvalue weighted by Crippen LogP contribution is 2.35. The van der Waals surface area contributed by atoms with Gasteiger partial charge < -0.3 is 19.2 Å². The highest BCUT2D eigenvalue weighted by Gasteiger charge is 2.48. The summed E-state index contributed by atoms with van der Waals surface area (Å²) in [6.45, 7) is 6.66. The number of carbonyl (C=O) groups excluding carboxylic acids is 2. The first-order valence-corrected chi connectivity index (χ1v) is 12.6. The van der Waals surface area contributed by atoms with E-state index in [0.717, 1.165) is 42.5 Å². The highest BCUT2D eigenvalue weighted by molar-refractivity contribution is 6.03. The number of nitrogens with one attached hydrogen (secondary N) is 1. The molecule has 3 aromatic rings. The Morgan fingerprint density at radius 1 is 1.06 bits per heavy atom. The molecule has 5 rings (SSSR count). The van der Waals surface area contributed by atoms with Gasteiger partial charge >= 0.3 is 0 Å². The zero-order valence-corrected chi connectivity index (χ0v) is 20.5. The van der Waals surface area contributed by atoms with Crippen molar-refractivity contribution in [2.45, 2.75) is 90.4 Å². The molecule has 1 fully saturated rings. The Bertz CT molecular complexity index is 1200.